The first-order valence-electron chi connectivity index (χ1n) is 8.43. The molecule has 3 nitrogen and oxygen atoms in total. The Bertz CT molecular complexity index is 1130. The normalized spacial score (nSPS) is 11.9. The van der Waals surface area contributed by atoms with E-state index in [9.17, 15) is 13.2 Å². The Morgan fingerprint density at radius 1 is 0.889 bits per heavy atom. The largest absolute Gasteiger partial charge is 0.416 e. The van der Waals surface area contributed by atoms with Crippen molar-refractivity contribution in [1.29, 1.82) is 0 Å². The van der Waals surface area contributed by atoms with Gasteiger partial charge in [-0.25, -0.2) is 9.50 Å². The number of nitrogens with zero attached hydrogens (tertiary/aromatic N) is 3. The van der Waals surface area contributed by atoms with Gasteiger partial charge in [0.1, 0.15) is 0 Å². The minimum Gasteiger partial charge on any atom is -0.236 e. The Morgan fingerprint density at radius 2 is 1.63 bits per heavy atom. The first kappa shape index (κ1) is 17.3. The van der Waals surface area contributed by atoms with Crippen molar-refractivity contribution >= 4 is 5.65 Å². The predicted molar refractivity (Wildman–Crippen MR) is 98.3 cm³/mol. The van der Waals surface area contributed by atoms with Gasteiger partial charge in [-0.05, 0) is 37.6 Å². The molecule has 2 heterocycles. The molecule has 4 aromatic rings. The van der Waals surface area contributed by atoms with E-state index in [-0.39, 0.29) is 0 Å². The molecule has 0 bridgehead atoms. The van der Waals surface area contributed by atoms with Gasteiger partial charge >= 0.3 is 6.18 Å². The van der Waals surface area contributed by atoms with E-state index in [0.717, 1.165) is 34.5 Å². The van der Waals surface area contributed by atoms with E-state index in [0.29, 0.717) is 16.9 Å². The summed E-state index contributed by atoms with van der Waals surface area (Å²) >= 11 is 0. The fourth-order valence-electron chi connectivity index (χ4n) is 3.18. The molecule has 0 aliphatic rings. The average Bonchev–Trinajstić information content (AvgIpc) is 2.98. The molecule has 0 saturated heterocycles. The Balaban J connectivity index is 1.92. The van der Waals surface area contributed by atoms with Gasteiger partial charge in [-0.2, -0.15) is 18.3 Å². The minimum atomic E-state index is -4.39. The fraction of sp³-hybridized carbons (Fsp3) is 0.143. The highest BCUT2D eigenvalue weighted by Crippen LogP contribution is 2.34. The van der Waals surface area contributed by atoms with Gasteiger partial charge < -0.3 is 0 Å². The van der Waals surface area contributed by atoms with Crippen molar-refractivity contribution in [3.63, 3.8) is 0 Å². The van der Waals surface area contributed by atoms with Crippen LogP contribution in [-0.2, 0) is 6.18 Å². The van der Waals surface area contributed by atoms with Gasteiger partial charge in [0.05, 0.1) is 17.0 Å². The highest BCUT2D eigenvalue weighted by Gasteiger charge is 2.30. The standard InChI is InChI=1S/C21H16F3N3/c1-13-6-8-15(9-7-13)19-14(2)26-27-18(10-11-25-20(19)27)16-4-3-5-17(12-16)21(22,23)24/h3-12H,1-2H3. The van der Waals surface area contributed by atoms with E-state index in [2.05, 4.69) is 10.1 Å². The summed E-state index contributed by atoms with van der Waals surface area (Å²) in [5, 5.41) is 4.55. The van der Waals surface area contributed by atoms with Crippen LogP contribution in [-0.4, -0.2) is 14.6 Å². The van der Waals surface area contributed by atoms with Crippen molar-refractivity contribution in [2.75, 3.05) is 0 Å². The zero-order valence-corrected chi connectivity index (χ0v) is 14.7. The van der Waals surface area contributed by atoms with Gasteiger partial charge in [0.2, 0.25) is 0 Å². The van der Waals surface area contributed by atoms with Gasteiger partial charge in [-0.3, -0.25) is 0 Å². The van der Waals surface area contributed by atoms with Crippen molar-refractivity contribution in [1.82, 2.24) is 14.6 Å². The molecule has 27 heavy (non-hydrogen) atoms. The van der Waals surface area contributed by atoms with Gasteiger partial charge in [0.25, 0.3) is 0 Å². The molecule has 2 aromatic heterocycles. The van der Waals surface area contributed by atoms with E-state index in [1.165, 1.54) is 6.07 Å². The first-order chi connectivity index (χ1) is 12.8. The van der Waals surface area contributed by atoms with Crippen LogP contribution in [0.2, 0.25) is 0 Å². The number of aromatic nitrogens is 3. The number of halogens is 3. The predicted octanol–water partition coefficient (Wildman–Crippen LogP) is 5.70. The molecule has 0 atom stereocenters. The van der Waals surface area contributed by atoms with Crippen molar-refractivity contribution in [2.24, 2.45) is 0 Å². The second-order valence-electron chi connectivity index (χ2n) is 6.47. The molecule has 0 spiro atoms. The average molecular weight is 367 g/mol. The molecule has 0 aliphatic heterocycles. The molecule has 0 saturated carbocycles. The second kappa shape index (κ2) is 6.23. The van der Waals surface area contributed by atoms with E-state index in [1.807, 2.05) is 38.1 Å². The van der Waals surface area contributed by atoms with Crippen LogP contribution in [0.3, 0.4) is 0 Å². The Hall–Kier alpha value is -3.15. The van der Waals surface area contributed by atoms with Crippen molar-refractivity contribution < 1.29 is 13.2 Å². The molecule has 0 N–H and O–H groups in total. The molecule has 4 rings (SSSR count). The summed E-state index contributed by atoms with van der Waals surface area (Å²) in [6, 6.07) is 14.9. The lowest BCUT2D eigenvalue weighted by Gasteiger charge is -2.10. The summed E-state index contributed by atoms with van der Waals surface area (Å²) < 4.78 is 40.9. The molecule has 6 heteroatoms. The number of aryl methyl sites for hydroxylation is 2. The van der Waals surface area contributed by atoms with Crippen LogP contribution in [0.15, 0.2) is 60.8 Å². The van der Waals surface area contributed by atoms with Crippen LogP contribution in [0.5, 0.6) is 0 Å². The van der Waals surface area contributed by atoms with Crippen LogP contribution >= 0.6 is 0 Å². The molecule has 0 radical (unpaired) electrons. The lowest BCUT2D eigenvalue weighted by molar-refractivity contribution is -0.137. The van der Waals surface area contributed by atoms with Crippen LogP contribution in [0.25, 0.3) is 28.0 Å². The van der Waals surface area contributed by atoms with Gasteiger partial charge in [0, 0.05) is 17.3 Å². The van der Waals surface area contributed by atoms with Crippen molar-refractivity contribution in [3.05, 3.63) is 77.6 Å². The maximum atomic E-state index is 13.1. The summed E-state index contributed by atoms with van der Waals surface area (Å²) in [7, 11) is 0. The third kappa shape index (κ3) is 3.07. The Morgan fingerprint density at radius 3 is 2.33 bits per heavy atom. The van der Waals surface area contributed by atoms with E-state index < -0.39 is 11.7 Å². The summed E-state index contributed by atoms with van der Waals surface area (Å²) in [5.41, 5.74) is 4.70. The SMILES string of the molecule is Cc1ccc(-c2c(C)nn3c(-c4cccc(C(F)(F)F)c4)ccnc23)cc1. The molecular formula is C21H16F3N3. The van der Waals surface area contributed by atoms with Gasteiger partial charge in [-0.1, -0.05) is 42.0 Å². The van der Waals surface area contributed by atoms with Crippen LogP contribution < -0.4 is 0 Å². The molecule has 136 valence electrons. The molecule has 2 aromatic carbocycles. The van der Waals surface area contributed by atoms with Crippen LogP contribution in [0.4, 0.5) is 13.2 Å². The minimum absolute atomic E-state index is 0.440. The lowest BCUT2D eigenvalue weighted by atomic mass is 10.0. The summed E-state index contributed by atoms with van der Waals surface area (Å²) in [6.45, 7) is 3.89. The summed E-state index contributed by atoms with van der Waals surface area (Å²) in [6.07, 6.45) is -2.79. The fourth-order valence-corrected chi connectivity index (χ4v) is 3.18. The molecular weight excluding hydrogens is 351 g/mol. The maximum absolute atomic E-state index is 13.1. The molecule has 0 amide bonds. The van der Waals surface area contributed by atoms with Gasteiger partial charge in [0.15, 0.2) is 5.65 Å². The number of benzene rings is 2. The van der Waals surface area contributed by atoms with Crippen LogP contribution in [0.1, 0.15) is 16.8 Å². The van der Waals surface area contributed by atoms with Crippen molar-refractivity contribution in [3.8, 4) is 22.4 Å². The molecule has 0 unspecified atom stereocenters. The smallest absolute Gasteiger partial charge is 0.236 e. The highest BCUT2D eigenvalue weighted by molar-refractivity contribution is 5.81. The topological polar surface area (TPSA) is 30.2 Å². The summed E-state index contributed by atoms with van der Waals surface area (Å²) in [4.78, 5) is 4.44. The second-order valence-corrected chi connectivity index (χ2v) is 6.47. The highest BCUT2D eigenvalue weighted by atomic mass is 19.4. The molecule has 0 fully saturated rings. The number of hydrogen-bond acceptors (Lipinski definition) is 2. The van der Waals surface area contributed by atoms with E-state index in [4.69, 9.17) is 0 Å². The Labute approximate surface area is 154 Å². The quantitative estimate of drug-likeness (QED) is 0.455. The lowest BCUT2D eigenvalue weighted by Crippen LogP contribution is -2.05. The number of hydrogen-bond donors (Lipinski definition) is 0. The molecule has 0 aliphatic carbocycles. The number of fused-ring (bicyclic) bond motifs is 1. The number of alkyl halides is 3. The summed E-state index contributed by atoms with van der Waals surface area (Å²) in [5.74, 6) is 0. The monoisotopic (exact) mass is 367 g/mol. The van der Waals surface area contributed by atoms with Crippen LogP contribution in [0, 0.1) is 13.8 Å². The van der Waals surface area contributed by atoms with E-state index in [1.54, 1.807) is 22.8 Å². The zero-order valence-electron chi connectivity index (χ0n) is 14.7. The zero-order chi connectivity index (χ0) is 19.2. The van der Waals surface area contributed by atoms with Crippen molar-refractivity contribution in [2.45, 2.75) is 20.0 Å². The Kier molecular flexibility index (Phi) is 3.98. The number of rotatable bonds is 2. The van der Waals surface area contributed by atoms with Gasteiger partial charge in [-0.15, -0.1) is 0 Å². The maximum Gasteiger partial charge on any atom is 0.416 e. The third-order valence-corrected chi connectivity index (χ3v) is 4.52. The first-order valence-corrected chi connectivity index (χ1v) is 8.43. The third-order valence-electron chi connectivity index (χ3n) is 4.52. The van der Waals surface area contributed by atoms with E-state index >= 15 is 0 Å².